The molecule has 2 heterocycles. The Morgan fingerprint density at radius 1 is 1.00 bits per heavy atom. The van der Waals surface area contributed by atoms with Crippen LogP contribution in [0.4, 0.5) is 0 Å². The Kier molecular flexibility index (Phi) is 5.32. The number of imidazole rings is 1. The zero-order valence-electron chi connectivity index (χ0n) is 18.9. The van der Waals surface area contributed by atoms with Gasteiger partial charge in [0.05, 0.1) is 11.0 Å². The van der Waals surface area contributed by atoms with Crippen LogP contribution in [0.25, 0.3) is 17.1 Å². The summed E-state index contributed by atoms with van der Waals surface area (Å²) in [5, 5.41) is 4.53. The molecule has 1 aliphatic rings. The molecule has 1 fully saturated rings. The maximum absolute atomic E-state index is 6.11. The molecule has 3 aromatic rings. The van der Waals surface area contributed by atoms with Crippen molar-refractivity contribution in [2.24, 2.45) is 0 Å². The Bertz CT molecular complexity index is 1100. The fourth-order valence-corrected chi connectivity index (χ4v) is 5.06. The van der Waals surface area contributed by atoms with E-state index in [1.165, 1.54) is 27.8 Å². The van der Waals surface area contributed by atoms with E-state index in [4.69, 9.17) is 16.6 Å². The first-order chi connectivity index (χ1) is 14.0. The second-order valence-corrected chi connectivity index (χ2v) is 10.6. The summed E-state index contributed by atoms with van der Waals surface area (Å²) in [5.41, 5.74) is 7.65. The molecule has 0 aliphatic carbocycles. The van der Waals surface area contributed by atoms with Crippen LogP contribution in [0.5, 0.6) is 0 Å². The van der Waals surface area contributed by atoms with Gasteiger partial charge in [0, 0.05) is 22.6 Å². The Morgan fingerprint density at radius 3 is 2.23 bits per heavy atom. The third kappa shape index (κ3) is 4.48. The van der Waals surface area contributed by atoms with Gasteiger partial charge in [-0.2, -0.15) is 0 Å². The number of fused-ring (bicyclic) bond motifs is 1. The molecule has 1 aliphatic heterocycles. The number of hydrogen-bond acceptors (Lipinski definition) is 2. The van der Waals surface area contributed by atoms with Crippen molar-refractivity contribution >= 4 is 28.7 Å². The predicted molar refractivity (Wildman–Crippen MR) is 128 cm³/mol. The molecule has 2 aromatic carbocycles. The van der Waals surface area contributed by atoms with E-state index < -0.39 is 0 Å². The van der Waals surface area contributed by atoms with Crippen molar-refractivity contribution in [3.05, 3.63) is 69.5 Å². The van der Waals surface area contributed by atoms with Crippen LogP contribution in [-0.4, -0.2) is 20.6 Å². The summed E-state index contributed by atoms with van der Waals surface area (Å²) in [6.45, 7) is 14.2. The highest BCUT2D eigenvalue weighted by Gasteiger charge is 2.34. The third-order valence-corrected chi connectivity index (χ3v) is 6.25. The van der Waals surface area contributed by atoms with Crippen molar-refractivity contribution < 1.29 is 0 Å². The second kappa shape index (κ2) is 7.55. The van der Waals surface area contributed by atoms with E-state index in [0.29, 0.717) is 0 Å². The SMILES string of the molecule is Cc1cc2nc(C=C3CC(C)(C)NC(C)(C)C3)n(Cc3ccc(Cl)cc3)c2cc1C. The molecule has 3 nitrogen and oxygen atoms in total. The summed E-state index contributed by atoms with van der Waals surface area (Å²) in [4.78, 5) is 5.06. The highest BCUT2D eigenvalue weighted by molar-refractivity contribution is 6.30. The van der Waals surface area contributed by atoms with Crippen LogP contribution in [-0.2, 0) is 6.54 Å². The summed E-state index contributed by atoms with van der Waals surface area (Å²) in [6.07, 6.45) is 4.38. The lowest BCUT2D eigenvalue weighted by Crippen LogP contribution is -2.55. The minimum Gasteiger partial charge on any atom is -0.320 e. The zero-order valence-corrected chi connectivity index (χ0v) is 19.7. The number of rotatable bonds is 3. The van der Waals surface area contributed by atoms with E-state index in [1.54, 1.807) is 0 Å². The average Bonchev–Trinajstić information content (AvgIpc) is 2.91. The van der Waals surface area contributed by atoms with Crippen LogP contribution in [0.3, 0.4) is 0 Å². The summed E-state index contributed by atoms with van der Waals surface area (Å²) >= 11 is 6.11. The van der Waals surface area contributed by atoms with E-state index in [2.05, 4.69) is 81.8 Å². The maximum Gasteiger partial charge on any atom is 0.134 e. The molecule has 1 N–H and O–H groups in total. The van der Waals surface area contributed by atoms with E-state index in [1.807, 2.05) is 12.1 Å². The van der Waals surface area contributed by atoms with Crippen molar-refractivity contribution in [3.63, 3.8) is 0 Å². The molecule has 1 aromatic heterocycles. The second-order valence-electron chi connectivity index (χ2n) is 10.2. The zero-order chi connectivity index (χ0) is 21.7. The molecule has 0 saturated carbocycles. The van der Waals surface area contributed by atoms with E-state index in [-0.39, 0.29) is 11.1 Å². The molecule has 0 atom stereocenters. The summed E-state index contributed by atoms with van der Waals surface area (Å²) in [5.74, 6) is 1.04. The van der Waals surface area contributed by atoms with E-state index in [9.17, 15) is 0 Å². The van der Waals surface area contributed by atoms with Crippen LogP contribution < -0.4 is 5.32 Å². The van der Waals surface area contributed by atoms with Gasteiger partial charge in [-0.25, -0.2) is 4.98 Å². The number of aryl methyl sites for hydroxylation is 2. The molecule has 4 heteroatoms. The van der Waals surface area contributed by atoms with Crippen molar-refractivity contribution in [2.75, 3.05) is 0 Å². The number of nitrogens with zero attached hydrogens (tertiary/aromatic N) is 2. The first kappa shape index (κ1) is 21.1. The lowest BCUT2D eigenvalue weighted by atomic mass is 9.79. The lowest BCUT2D eigenvalue weighted by Gasteiger charge is -2.44. The van der Waals surface area contributed by atoms with Gasteiger partial charge in [-0.05, 0) is 101 Å². The van der Waals surface area contributed by atoms with Crippen LogP contribution in [0, 0.1) is 13.8 Å². The number of nitrogens with one attached hydrogen (secondary N) is 1. The van der Waals surface area contributed by atoms with Crippen molar-refractivity contribution in [2.45, 2.75) is 72.0 Å². The quantitative estimate of drug-likeness (QED) is 0.511. The van der Waals surface area contributed by atoms with Crippen molar-refractivity contribution in [3.8, 4) is 0 Å². The third-order valence-electron chi connectivity index (χ3n) is 6.00. The van der Waals surface area contributed by atoms with Gasteiger partial charge in [0.2, 0.25) is 0 Å². The van der Waals surface area contributed by atoms with Crippen molar-refractivity contribution in [1.82, 2.24) is 14.9 Å². The van der Waals surface area contributed by atoms with Gasteiger partial charge in [-0.1, -0.05) is 29.3 Å². The number of benzene rings is 2. The highest BCUT2D eigenvalue weighted by Crippen LogP contribution is 2.34. The fraction of sp³-hybridized carbons (Fsp3) is 0.423. The van der Waals surface area contributed by atoms with Crippen LogP contribution in [0.1, 0.15) is 63.1 Å². The minimum atomic E-state index is 0.0772. The van der Waals surface area contributed by atoms with E-state index in [0.717, 1.165) is 35.8 Å². The fourth-order valence-electron chi connectivity index (χ4n) is 4.93. The largest absolute Gasteiger partial charge is 0.320 e. The van der Waals surface area contributed by atoms with Crippen LogP contribution >= 0.6 is 11.6 Å². The molecule has 0 amide bonds. The first-order valence-corrected chi connectivity index (χ1v) is 11.1. The number of aromatic nitrogens is 2. The lowest BCUT2D eigenvalue weighted by molar-refractivity contribution is 0.224. The predicted octanol–water partition coefficient (Wildman–Crippen LogP) is 6.68. The van der Waals surface area contributed by atoms with Crippen LogP contribution in [0.15, 0.2) is 42.0 Å². The molecular weight excluding hydrogens is 390 g/mol. The van der Waals surface area contributed by atoms with Crippen molar-refractivity contribution in [1.29, 1.82) is 0 Å². The number of halogens is 1. The highest BCUT2D eigenvalue weighted by atomic mass is 35.5. The maximum atomic E-state index is 6.11. The Balaban J connectivity index is 1.83. The van der Waals surface area contributed by atoms with Gasteiger partial charge in [-0.15, -0.1) is 0 Å². The molecule has 0 radical (unpaired) electrons. The van der Waals surface area contributed by atoms with Gasteiger partial charge in [0.1, 0.15) is 5.82 Å². The molecule has 30 heavy (non-hydrogen) atoms. The summed E-state index contributed by atoms with van der Waals surface area (Å²) in [7, 11) is 0. The normalized spacial score (nSPS) is 18.0. The Morgan fingerprint density at radius 2 is 1.60 bits per heavy atom. The number of piperidine rings is 1. The Hall–Kier alpha value is -2.10. The molecule has 0 spiro atoms. The first-order valence-electron chi connectivity index (χ1n) is 10.7. The average molecular weight is 422 g/mol. The molecule has 0 unspecified atom stereocenters. The molecule has 4 rings (SSSR count). The molecule has 158 valence electrons. The molecular formula is C26H32ClN3. The topological polar surface area (TPSA) is 29.9 Å². The van der Waals surface area contributed by atoms with Gasteiger partial charge in [-0.3, -0.25) is 0 Å². The molecule has 1 saturated heterocycles. The monoisotopic (exact) mass is 421 g/mol. The van der Waals surface area contributed by atoms with Gasteiger partial charge < -0.3 is 9.88 Å². The van der Waals surface area contributed by atoms with Gasteiger partial charge in [0.25, 0.3) is 0 Å². The smallest absolute Gasteiger partial charge is 0.134 e. The number of hydrogen-bond donors (Lipinski definition) is 1. The standard InChI is InChI=1S/C26H32ClN3/c1-17-11-22-23(12-18(17)2)30(16-19-7-9-21(27)10-8-19)24(28-22)13-20-14-25(3,4)29-26(5,6)15-20/h7-13,29H,14-16H2,1-6H3. The van der Waals surface area contributed by atoms with E-state index >= 15 is 0 Å². The summed E-state index contributed by atoms with van der Waals surface area (Å²) in [6, 6.07) is 12.6. The van der Waals surface area contributed by atoms with Gasteiger partial charge in [0.15, 0.2) is 0 Å². The van der Waals surface area contributed by atoms with Crippen LogP contribution in [0.2, 0.25) is 5.02 Å². The summed E-state index contributed by atoms with van der Waals surface area (Å²) < 4.78 is 2.35. The minimum absolute atomic E-state index is 0.0772. The Labute approximate surface area is 185 Å². The molecule has 0 bridgehead atoms. The van der Waals surface area contributed by atoms with Gasteiger partial charge >= 0.3 is 0 Å².